The molecule has 3 aromatic rings. The van der Waals surface area contributed by atoms with E-state index in [1.54, 1.807) is 18.5 Å². The molecule has 0 saturated carbocycles. The SMILES string of the molecule is CCCn1c(SCC(=O)c2ccc3c(c2)CCC(=O)N3)nnc1-c1ccncc1. The van der Waals surface area contributed by atoms with Crippen LogP contribution in [-0.4, -0.2) is 37.2 Å². The van der Waals surface area contributed by atoms with Crippen molar-refractivity contribution in [2.45, 2.75) is 37.9 Å². The van der Waals surface area contributed by atoms with Crippen molar-refractivity contribution in [1.29, 1.82) is 0 Å². The number of nitrogens with zero attached hydrogens (tertiary/aromatic N) is 4. The van der Waals surface area contributed by atoms with E-state index in [0.717, 1.165) is 40.8 Å². The Morgan fingerprint density at radius 3 is 2.79 bits per heavy atom. The molecule has 3 heterocycles. The first-order chi connectivity index (χ1) is 14.2. The van der Waals surface area contributed by atoms with E-state index in [1.807, 2.05) is 24.3 Å². The zero-order valence-electron chi connectivity index (χ0n) is 16.1. The Kier molecular flexibility index (Phi) is 5.71. The summed E-state index contributed by atoms with van der Waals surface area (Å²) in [6.07, 6.45) is 5.52. The van der Waals surface area contributed by atoms with E-state index >= 15 is 0 Å². The highest BCUT2D eigenvalue weighted by atomic mass is 32.2. The van der Waals surface area contributed by atoms with Gasteiger partial charge in [-0.15, -0.1) is 10.2 Å². The maximum atomic E-state index is 12.7. The molecule has 1 aliphatic heterocycles. The molecule has 0 bridgehead atoms. The minimum Gasteiger partial charge on any atom is -0.326 e. The van der Waals surface area contributed by atoms with Crippen molar-refractivity contribution >= 4 is 29.1 Å². The summed E-state index contributed by atoms with van der Waals surface area (Å²) in [4.78, 5) is 28.3. The molecule has 0 saturated heterocycles. The van der Waals surface area contributed by atoms with E-state index in [0.29, 0.717) is 18.4 Å². The first kappa shape index (κ1) is 19.3. The van der Waals surface area contributed by atoms with Crippen molar-refractivity contribution in [1.82, 2.24) is 19.7 Å². The monoisotopic (exact) mass is 407 g/mol. The molecule has 1 aromatic carbocycles. The fourth-order valence-electron chi connectivity index (χ4n) is 3.31. The van der Waals surface area contributed by atoms with Crippen molar-refractivity contribution in [3.05, 3.63) is 53.9 Å². The van der Waals surface area contributed by atoms with Crippen LogP contribution >= 0.6 is 11.8 Å². The Labute approximate surface area is 173 Å². The number of thioether (sulfide) groups is 1. The molecule has 0 aliphatic carbocycles. The Morgan fingerprint density at radius 2 is 2.00 bits per heavy atom. The van der Waals surface area contributed by atoms with Crippen LogP contribution in [0.3, 0.4) is 0 Å². The molecule has 8 heteroatoms. The van der Waals surface area contributed by atoms with Gasteiger partial charge in [-0.05, 0) is 48.7 Å². The maximum absolute atomic E-state index is 12.7. The van der Waals surface area contributed by atoms with Gasteiger partial charge in [0.1, 0.15) is 0 Å². The number of hydrogen-bond acceptors (Lipinski definition) is 6. The summed E-state index contributed by atoms with van der Waals surface area (Å²) < 4.78 is 2.05. The zero-order valence-corrected chi connectivity index (χ0v) is 16.9. The zero-order chi connectivity index (χ0) is 20.2. The standard InChI is InChI=1S/C21H21N5O2S/c1-2-11-26-20(14-7-9-22-10-8-14)24-25-21(26)29-13-18(27)16-3-5-17-15(12-16)4-6-19(28)23-17/h3,5,7-10,12H,2,4,6,11,13H2,1H3,(H,23,28). The fourth-order valence-corrected chi connectivity index (χ4v) is 4.16. The summed E-state index contributed by atoms with van der Waals surface area (Å²) in [7, 11) is 0. The van der Waals surface area contributed by atoms with Crippen LogP contribution in [0.2, 0.25) is 0 Å². The van der Waals surface area contributed by atoms with Crippen LogP contribution in [0.25, 0.3) is 11.4 Å². The normalized spacial score (nSPS) is 13.1. The average molecular weight is 407 g/mol. The second kappa shape index (κ2) is 8.57. The van der Waals surface area contributed by atoms with E-state index in [-0.39, 0.29) is 17.4 Å². The number of fused-ring (bicyclic) bond motifs is 1. The summed E-state index contributed by atoms with van der Waals surface area (Å²) >= 11 is 1.40. The third kappa shape index (κ3) is 4.22. The van der Waals surface area contributed by atoms with Gasteiger partial charge in [0.25, 0.3) is 0 Å². The van der Waals surface area contributed by atoms with E-state index in [2.05, 4.69) is 32.0 Å². The third-order valence-corrected chi connectivity index (χ3v) is 5.72. The molecule has 1 aliphatic rings. The van der Waals surface area contributed by atoms with Gasteiger partial charge < -0.3 is 9.88 Å². The Morgan fingerprint density at radius 1 is 1.17 bits per heavy atom. The molecule has 2 aromatic heterocycles. The van der Waals surface area contributed by atoms with Gasteiger partial charge in [-0.1, -0.05) is 18.7 Å². The summed E-state index contributed by atoms with van der Waals surface area (Å²) in [6.45, 7) is 2.88. The summed E-state index contributed by atoms with van der Waals surface area (Å²) in [6, 6.07) is 9.28. The van der Waals surface area contributed by atoms with E-state index in [4.69, 9.17) is 0 Å². The van der Waals surface area contributed by atoms with Crippen LogP contribution in [0.5, 0.6) is 0 Å². The lowest BCUT2D eigenvalue weighted by Crippen LogP contribution is -2.19. The highest BCUT2D eigenvalue weighted by Gasteiger charge is 2.18. The lowest BCUT2D eigenvalue weighted by atomic mass is 9.99. The first-order valence-corrected chi connectivity index (χ1v) is 10.6. The molecule has 0 unspecified atom stereocenters. The number of rotatable bonds is 7. The van der Waals surface area contributed by atoms with Crippen molar-refractivity contribution in [2.75, 3.05) is 11.1 Å². The molecule has 7 nitrogen and oxygen atoms in total. The van der Waals surface area contributed by atoms with Crippen molar-refractivity contribution in [2.24, 2.45) is 0 Å². The molecule has 0 fully saturated rings. The van der Waals surface area contributed by atoms with Gasteiger partial charge in [-0.25, -0.2) is 0 Å². The summed E-state index contributed by atoms with van der Waals surface area (Å²) in [5.74, 6) is 1.12. The number of carbonyl (C=O) groups excluding carboxylic acids is 2. The number of benzene rings is 1. The van der Waals surface area contributed by atoms with Crippen molar-refractivity contribution in [3.63, 3.8) is 0 Å². The molecule has 148 valence electrons. The largest absolute Gasteiger partial charge is 0.326 e. The van der Waals surface area contributed by atoms with Crippen molar-refractivity contribution < 1.29 is 9.59 Å². The summed E-state index contributed by atoms with van der Waals surface area (Å²) in [5, 5.41) is 12.2. The van der Waals surface area contributed by atoms with Crippen LogP contribution < -0.4 is 5.32 Å². The van der Waals surface area contributed by atoms with Gasteiger partial charge in [-0.2, -0.15) is 0 Å². The minimum atomic E-state index is 0.0207. The number of Topliss-reactive ketones (excluding diaryl/α,β-unsaturated/α-hetero) is 1. The Balaban J connectivity index is 1.50. The molecule has 1 amide bonds. The fraction of sp³-hybridized carbons (Fsp3) is 0.286. The van der Waals surface area contributed by atoms with Crippen molar-refractivity contribution in [3.8, 4) is 11.4 Å². The van der Waals surface area contributed by atoms with Crippen LogP contribution in [0.1, 0.15) is 35.7 Å². The quantitative estimate of drug-likeness (QED) is 0.475. The maximum Gasteiger partial charge on any atom is 0.224 e. The highest BCUT2D eigenvalue weighted by Crippen LogP contribution is 2.27. The van der Waals surface area contributed by atoms with Crippen LogP contribution in [-0.2, 0) is 17.8 Å². The number of nitrogens with one attached hydrogen (secondary N) is 1. The molecular weight excluding hydrogens is 386 g/mol. The number of hydrogen-bond donors (Lipinski definition) is 1. The van der Waals surface area contributed by atoms with E-state index < -0.39 is 0 Å². The smallest absolute Gasteiger partial charge is 0.224 e. The van der Waals surface area contributed by atoms with E-state index in [9.17, 15) is 9.59 Å². The van der Waals surface area contributed by atoms with Crippen LogP contribution in [0, 0.1) is 0 Å². The summed E-state index contributed by atoms with van der Waals surface area (Å²) in [5.41, 5.74) is 3.42. The number of carbonyl (C=O) groups is 2. The van der Waals surface area contributed by atoms with Crippen LogP contribution in [0.4, 0.5) is 5.69 Å². The third-order valence-electron chi connectivity index (χ3n) is 4.76. The topological polar surface area (TPSA) is 89.8 Å². The lowest BCUT2D eigenvalue weighted by molar-refractivity contribution is -0.116. The average Bonchev–Trinajstić information content (AvgIpc) is 3.15. The number of amides is 1. The number of ketones is 1. The Hall–Kier alpha value is -3.00. The number of pyridine rings is 1. The van der Waals surface area contributed by atoms with Gasteiger partial charge in [-0.3, -0.25) is 14.6 Å². The highest BCUT2D eigenvalue weighted by molar-refractivity contribution is 7.99. The molecule has 0 radical (unpaired) electrons. The van der Waals surface area contributed by atoms with Gasteiger partial charge in [0, 0.05) is 42.2 Å². The minimum absolute atomic E-state index is 0.0207. The molecule has 0 spiro atoms. The van der Waals surface area contributed by atoms with E-state index in [1.165, 1.54) is 11.8 Å². The van der Waals surface area contributed by atoms with Gasteiger partial charge in [0.2, 0.25) is 5.91 Å². The van der Waals surface area contributed by atoms with Gasteiger partial charge in [0.15, 0.2) is 16.8 Å². The molecule has 4 rings (SSSR count). The van der Waals surface area contributed by atoms with Gasteiger partial charge in [0.05, 0.1) is 5.75 Å². The lowest BCUT2D eigenvalue weighted by Gasteiger charge is -2.17. The van der Waals surface area contributed by atoms with Gasteiger partial charge >= 0.3 is 0 Å². The number of anilines is 1. The second-order valence-corrected chi connectivity index (χ2v) is 7.77. The molecular formula is C21H21N5O2S. The predicted octanol–water partition coefficient (Wildman–Crippen LogP) is 3.61. The Bertz CT molecular complexity index is 1050. The number of aromatic nitrogens is 4. The number of aryl methyl sites for hydroxylation is 1. The second-order valence-electron chi connectivity index (χ2n) is 6.83. The molecule has 0 atom stereocenters. The first-order valence-electron chi connectivity index (χ1n) is 9.58. The van der Waals surface area contributed by atoms with Crippen LogP contribution in [0.15, 0.2) is 47.9 Å². The molecule has 29 heavy (non-hydrogen) atoms. The molecule has 1 N–H and O–H groups in total. The predicted molar refractivity (Wildman–Crippen MR) is 112 cm³/mol.